The molecular weight excluding hydrogens is 192 g/mol. The van der Waals surface area contributed by atoms with Crippen LogP contribution in [0.3, 0.4) is 0 Å². The Kier molecular flexibility index (Phi) is 2.49. The molecule has 1 spiro atoms. The molecule has 3 nitrogen and oxygen atoms in total. The SMILES string of the molecule is OC1CNC2(CC2)C(CC(F)F)C1O. The standard InChI is InChI=1S/C9H15F2NO2/c10-7(11)3-5-8(14)6(13)4-12-9(5)1-2-9/h5-8,12-14H,1-4H2. The number of piperidine rings is 1. The van der Waals surface area contributed by atoms with E-state index >= 15 is 0 Å². The van der Waals surface area contributed by atoms with Gasteiger partial charge in [0.1, 0.15) is 0 Å². The van der Waals surface area contributed by atoms with Crippen LogP contribution in [0.2, 0.25) is 0 Å². The van der Waals surface area contributed by atoms with Crippen LogP contribution in [0.4, 0.5) is 8.78 Å². The minimum absolute atomic E-state index is 0.306. The summed E-state index contributed by atoms with van der Waals surface area (Å²) in [5.74, 6) is -0.508. The first kappa shape index (κ1) is 10.3. The zero-order valence-electron chi connectivity index (χ0n) is 7.79. The molecule has 3 atom stereocenters. The van der Waals surface area contributed by atoms with Crippen molar-refractivity contribution >= 4 is 0 Å². The number of hydrogen-bond acceptors (Lipinski definition) is 3. The lowest BCUT2D eigenvalue weighted by Gasteiger charge is -2.39. The van der Waals surface area contributed by atoms with E-state index in [1.54, 1.807) is 0 Å². The third-order valence-corrected chi connectivity index (χ3v) is 3.40. The topological polar surface area (TPSA) is 52.5 Å². The Morgan fingerprint density at radius 2 is 2.00 bits per heavy atom. The highest BCUT2D eigenvalue weighted by Gasteiger charge is 2.56. The Morgan fingerprint density at radius 3 is 2.50 bits per heavy atom. The van der Waals surface area contributed by atoms with Gasteiger partial charge in [0.05, 0.1) is 12.2 Å². The molecule has 1 heterocycles. The minimum atomic E-state index is -2.42. The molecule has 0 aromatic heterocycles. The number of β-amino-alcohol motifs (C(OH)–C–C–N with tert-alkyl or cyclic N) is 1. The van der Waals surface area contributed by atoms with Gasteiger partial charge in [0.2, 0.25) is 6.43 Å². The number of nitrogens with one attached hydrogen (secondary N) is 1. The number of alkyl halides is 2. The van der Waals surface area contributed by atoms with Crippen molar-refractivity contribution in [2.45, 2.75) is 43.4 Å². The largest absolute Gasteiger partial charge is 0.390 e. The highest BCUT2D eigenvalue weighted by molar-refractivity contribution is 5.12. The number of aliphatic hydroxyl groups excluding tert-OH is 2. The van der Waals surface area contributed by atoms with Gasteiger partial charge < -0.3 is 15.5 Å². The molecule has 0 bridgehead atoms. The summed E-state index contributed by atoms with van der Waals surface area (Å²) in [6.07, 6.45) is -3.01. The van der Waals surface area contributed by atoms with Crippen molar-refractivity contribution in [3.63, 3.8) is 0 Å². The molecule has 0 aromatic carbocycles. The molecule has 2 aliphatic rings. The fourth-order valence-corrected chi connectivity index (χ4v) is 2.39. The summed E-state index contributed by atoms with van der Waals surface area (Å²) in [7, 11) is 0. The van der Waals surface area contributed by atoms with Gasteiger partial charge in [-0.25, -0.2) is 8.78 Å². The number of rotatable bonds is 2. The molecule has 82 valence electrons. The second-order valence-electron chi connectivity index (χ2n) is 4.33. The predicted octanol–water partition coefficient (Wildman–Crippen LogP) is 0.115. The van der Waals surface area contributed by atoms with E-state index in [-0.39, 0.29) is 12.0 Å². The summed E-state index contributed by atoms with van der Waals surface area (Å²) in [6, 6.07) is 0. The van der Waals surface area contributed by atoms with Crippen LogP contribution >= 0.6 is 0 Å². The van der Waals surface area contributed by atoms with Crippen LogP contribution in [0.15, 0.2) is 0 Å². The lowest BCUT2D eigenvalue weighted by Crippen LogP contribution is -2.58. The molecule has 2 rings (SSSR count). The molecule has 0 amide bonds. The molecule has 1 aliphatic heterocycles. The van der Waals surface area contributed by atoms with E-state index < -0.39 is 24.6 Å². The summed E-state index contributed by atoms with van der Waals surface area (Å²) in [4.78, 5) is 0. The van der Waals surface area contributed by atoms with E-state index in [9.17, 15) is 19.0 Å². The summed E-state index contributed by atoms with van der Waals surface area (Å²) < 4.78 is 24.5. The summed E-state index contributed by atoms with van der Waals surface area (Å²) in [6.45, 7) is 0.306. The van der Waals surface area contributed by atoms with Crippen LogP contribution in [-0.4, -0.2) is 40.9 Å². The Labute approximate surface area is 81.1 Å². The van der Waals surface area contributed by atoms with Gasteiger partial charge in [-0.2, -0.15) is 0 Å². The summed E-state index contributed by atoms with van der Waals surface area (Å²) in [5, 5.41) is 22.1. The van der Waals surface area contributed by atoms with E-state index in [0.717, 1.165) is 12.8 Å². The van der Waals surface area contributed by atoms with Crippen LogP contribution < -0.4 is 5.32 Å². The van der Waals surface area contributed by atoms with Gasteiger partial charge in [0.25, 0.3) is 0 Å². The first-order chi connectivity index (χ1) is 6.55. The molecule has 3 unspecified atom stereocenters. The maximum absolute atomic E-state index is 12.3. The monoisotopic (exact) mass is 207 g/mol. The molecule has 1 saturated heterocycles. The third kappa shape index (κ3) is 1.64. The molecule has 1 saturated carbocycles. The van der Waals surface area contributed by atoms with Gasteiger partial charge in [-0.15, -0.1) is 0 Å². The highest BCUT2D eigenvalue weighted by Crippen LogP contribution is 2.48. The van der Waals surface area contributed by atoms with Crippen LogP contribution in [0.1, 0.15) is 19.3 Å². The minimum Gasteiger partial charge on any atom is -0.390 e. The fraction of sp³-hybridized carbons (Fsp3) is 1.00. The molecule has 14 heavy (non-hydrogen) atoms. The molecule has 0 radical (unpaired) electrons. The Balaban J connectivity index is 2.07. The lowest BCUT2D eigenvalue weighted by molar-refractivity contribution is -0.0736. The highest BCUT2D eigenvalue weighted by atomic mass is 19.3. The van der Waals surface area contributed by atoms with Crippen molar-refractivity contribution in [1.29, 1.82) is 0 Å². The molecule has 0 aromatic rings. The lowest BCUT2D eigenvalue weighted by atomic mass is 9.82. The number of halogens is 2. The van der Waals surface area contributed by atoms with Crippen molar-refractivity contribution in [2.24, 2.45) is 5.92 Å². The van der Waals surface area contributed by atoms with Crippen LogP contribution in [0, 0.1) is 5.92 Å². The molecule has 2 fully saturated rings. The maximum atomic E-state index is 12.3. The van der Waals surface area contributed by atoms with E-state index in [4.69, 9.17) is 0 Å². The van der Waals surface area contributed by atoms with Gasteiger partial charge in [-0.05, 0) is 12.8 Å². The van der Waals surface area contributed by atoms with Crippen molar-refractivity contribution in [2.75, 3.05) is 6.54 Å². The second-order valence-corrected chi connectivity index (χ2v) is 4.33. The predicted molar refractivity (Wildman–Crippen MR) is 46.1 cm³/mol. The molecule has 1 aliphatic carbocycles. The van der Waals surface area contributed by atoms with Crippen LogP contribution in [0.5, 0.6) is 0 Å². The van der Waals surface area contributed by atoms with E-state index in [1.807, 2.05) is 0 Å². The normalized spacial score (nSPS) is 40.5. The molecule has 3 N–H and O–H groups in total. The second kappa shape index (κ2) is 3.40. The summed E-state index contributed by atoms with van der Waals surface area (Å²) in [5.41, 5.74) is -0.310. The van der Waals surface area contributed by atoms with E-state index in [1.165, 1.54) is 0 Å². The Hall–Kier alpha value is -0.260. The van der Waals surface area contributed by atoms with Gasteiger partial charge in [-0.1, -0.05) is 0 Å². The van der Waals surface area contributed by atoms with Gasteiger partial charge in [0.15, 0.2) is 0 Å². The first-order valence-electron chi connectivity index (χ1n) is 4.94. The summed E-state index contributed by atoms with van der Waals surface area (Å²) >= 11 is 0. The number of aliphatic hydroxyl groups is 2. The van der Waals surface area contributed by atoms with E-state index in [2.05, 4.69) is 5.32 Å². The maximum Gasteiger partial charge on any atom is 0.239 e. The van der Waals surface area contributed by atoms with Gasteiger partial charge >= 0.3 is 0 Å². The van der Waals surface area contributed by atoms with Crippen LogP contribution in [0.25, 0.3) is 0 Å². The Morgan fingerprint density at radius 1 is 1.36 bits per heavy atom. The zero-order chi connectivity index (χ0) is 10.3. The fourth-order valence-electron chi connectivity index (χ4n) is 2.39. The third-order valence-electron chi connectivity index (χ3n) is 3.40. The van der Waals surface area contributed by atoms with Crippen LogP contribution in [-0.2, 0) is 0 Å². The smallest absolute Gasteiger partial charge is 0.239 e. The van der Waals surface area contributed by atoms with Gasteiger partial charge in [-0.3, -0.25) is 0 Å². The average molecular weight is 207 g/mol. The molecular formula is C9H15F2NO2. The van der Waals surface area contributed by atoms with Crippen molar-refractivity contribution in [3.8, 4) is 0 Å². The molecule has 5 heteroatoms. The number of hydrogen-bond donors (Lipinski definition) is 3. The van der Waals surface area contributed by atoms with Crippen molar-refractivity contribution in [1.82, 2.24) is 5.32 Å². The van der Waals surface area contributed by atoms with E-state index in [0.29, 0.717) is 6.54 Å². The first-order valence-corrected chi connectivity index (χ1v) is 4.94. The quantitative estimate of drug-likeness (QED) is 0.602. The van der Waals surface area contributed by atoms with Crippen molar-refractivity contribution < 1.29 is 19.0 Å². The van der Waals surface area contributed by atoms with Gasteiger partial charge in [0, 0.05) is 24.4 Å². The van der Waals surface area contributed by atoms with Crippen molar-refractivity contribution in [3.05, 3.63) is 0 Å². The Bertz CT molecular complexity index is 221. The zero-order valence-corrected chi connectivity index (χ0v) is 7.79. The average Bonchev–Trinajstić information content (AvgIpc) is 2.88.